The Morgan fingerprint density at radius 3 is 2.54 bits per heavy atom. The van der Waals surface area contributed by atoms with E-state index in [1.807, 2.05) is 6.92 Å². The lowest BCUT2D eigenvalue weighted by molar-refractivity contribution is -0.147. The minimum absolute atomic E-state index is 0.143. The van der Waals surface area contributed by atoms with Crippen molar-refractivity contribution in [3.63, 3.8) is 0 Å². The first kappa shape index (κ1) is 21.7. The van der Waals surface area contributed by atoms with E-state index in [-0.39, 0.29) is 18.2 Å². The summed E-state index contributed by atoms with van der Waals surface area (Å²) in [7, 11) is 0. The Kier molecular flexibility index (Phi) is 8.78. The van der Waals surface area contributed by atoms with E-state index < -0.39 is 12.0 Å². The second-order valence-corrected chi connectivity index (χ2v) is 6.81. The number of carbonyl (C=O) groups excluding carboxylic acids is 3. The van der Waals surface area contributed by atoms with E-state index in [0.717, 1.165) is 19.3 Å². The van der Waals surface area contributed by atoms with Gasteiger partial charge in [0.1, 0.15) is 11.8 Å². The van der Waals surface area contributed by atoms with Gasteiger partial charge < -0.3 is 19.7 Å². The summed E-state index contributed by atoms with van der Waals surface area (Å²) < 4.78 is 10.7. The van der Waals surface area contributed by atoms with Crippen LogP contribution in [0.1, 0.15) is 56.3 Å². The molecule has 154 valence electrons. The third kappa shape index (κ3) is 6.25. The average molecular weight is 390 g/mol. The molecule has 1 N–H and O–H groups in total. The van der Waals surface area contributed by atoms with Crippen LogP contribution in [0.15, 0.2) is 24.3 Å². The molecule has 1 aromatic carbocycles. The number of carbonyl (C=O) groups is 3. The van der Waals surface area contributed by atoms with Gasteiger partial charge in [0.15, 0.2) is 0 Å². The Bertz CT molecular complexity index is 659. The van der Waals surface area contributed by atoms with Gasteiger partial charge in [0.05, 0.1) is 19.6 Å². The zero-order chi connectivity index (χ0) is 20.4. The van der Waals surface area contributed by atoms with Crippen molar-refractivity contribution in [1.29, 1.82) is 0 Å². The molecule has 7 nitrogen and oxygen atoms in total. The molecule has 7 heteroatoms. The molecule has 2 amide bonds. The molecule has 0 spiro atoms. The largest absolute Gasteiger partial charge is 0.494 e. The zero-order valence-electron chi connectivity index (χ0n) is 16.7. The van der Waals surface area contributed by atoms with Gasteiger partial charge in [-0.3, -0.25) is 14.4 Å². The van der Waals surface area contributed by atoms with E-state index in [1.54, 1.807) is 24.3 Å². The monoisotopic (exact) mass is 390 g/mol. The van der Waals surface area contributed by atoms with Gasteiger partial charge in [0, 0.05) is 18.7 Å². The normalized spacial score (nSPS) is 16.4. The third-order valence-electron chi connectivity index (χ3n) is 4.54. The summed E-state index contributed by atoms with van der Waals surface area (Å²) in [6.07, 6.45) is 3.81. The van der Waals surface area contributed by atoms with Crippen LogP contribution in [0, 0.1) is 0 Å². The van der Waals surface area contributed by atoms with E-state index in [1.165, 1.54) is 4.90 Å². The number of hydrogen-bond donors (Lipinski definition) is 1. The van der Waals surface area contributed by atoms with E-state index in [9.17, 15) is 14.4 Å². The molecule has 1 fully saturated rings. The zero-order valence-corrected chi connectivity index (χ0v) is 16.7. The number of benzene rings is 1. The summed E-state index contributed by atoms with van der Waals surface area (Å²) in [5.74, 6) is -0.370. The lowest BCUT2D eigenvalue weighted by atomic mass is 10.1. The maximum atomic E-state index is 12.9. The highest BCUT2D eigenvalue weighted by Crippen LogP contribution is 2.18. The van der Waals surface area contributed by atoms with E-state index >= 15 is 0 Å². The quantitative estimate of drug-likeness (QED) is 0.490. The van der Waals surface area contributed by atoms with Crippen LogP contribution in [0.2, 0.25) is 0 Å². The van der Waals surface area contributed by atoms with E-state index in [0.29, 0.717) is 44.0 Å². The van der Waals surface area contributed by atoms with Crippen molar-refractivity contribution in [3.05, 3.63) is 29.8 Å². The van der Waals surface area contributed by atoms with Gasteiger partial charge in [-0.1, -0.05) is 26.7 Å². The van der Waals surface area contributed by atoms with Crippen molar-refractivity contribution < 1.29 is 23.9 Å². The Morgan fingerprint density at radius 1 is 1.11 bits per heavy atom. The Morgan fingerprint density at radius 2 is 1.86 bits per heavy atom. The lowest BCUT2D eigenvalue weighted by Crippen LogP contribution is -2.57. The number of unbranched alkanes of at least 4 members (excludes halogenated alkanes) is 2. The molecule has 1 unspecified atom stereocenters. The molecule has 0 saturated carbocycles. The number of amides is 2. The summed E-state index contributed by atoms with van der Waals surface area (Å²) in [6, 6.07) is 6.05. The summed E-state index contributed by atoms with van der Waals surface area (Å²) in [5, 5.41) is 2.71. The van der Waals surface area contributed by atoms with Gasteiger partial charge in [0.2, 0.25) is 5.91 Å². The first-order valence-corrected chi connectivity index (χ1v) is 10.0. The number of nitrogens with zero attached hydrogens (tertiary/aromatic N) is 1. The van der Waals surface area contributed by atoms with Gasteiger partial charge >= 0.3 is 5.97 Å². The van der Waals surface area contributed by atoms with Crippen LogP contribution in [-0.2, 0) is 14.3 Å². The molecule has 1 aromatic rings. The van der Waals surface area contributed by atoms with Crippen molar-refractivity contribution in [1.82, 2.24) is 10.2 Å². The summed E-state index contributed by atoms with van der Waals surface area (Å²) in [5.41, 5.74) is 0.461. The number of hydrogen-bond acceptors (Lipinski definition) is 5. The fourth-order valence-electron chi connectivity index (χ4n) is 3.00. The second-order valence-electron chi connectivity index (χ2n) is 6.81. The highest BCUT2D eigenvalue weighted by atomic mass is 16.5. The van der Waals surface area contributed by atoms with Gasteiger partial charge in [-0.05, 0) is 37.1 Å². The Labute approximate surface area is 166 Å². The number of esters is 1. The fourth-order valence-corrected chi connectivity index (χ4v) is 3.00. The first-order valence-electron chi connectivity index (χ1n) is 10.0. The molecule has 0 aromatic heterocycles. The molecular formula is C21H30N2O5. The predicted octanol–water partition coefficient (Wildman–Crippen LogP) is 2.54. The molecule has 0 bridgehead atoms. The smallest absolute Gasteiger partial charge is 0.308 e. The average Bonchev–Trinajstić information content (AvgIpc) is 2.71. The molecule has 1 atom stereocenters. The third-order valence-corrected chi connectivity index (χ3v) is 4.54. The predicted molar refractivity (Wildman–Crippen MR) is 105 cm³/mol. The summed E-state index contributed by atoms with van der Waals surface area (Å²) in [4.78, 5) is 38.6. The van der Waals surface area contributed by atoms with E-state index in [2.05, 4.69) is 12.2 Å². The SMILES string of the molecule is CCCCCOc1ccc(C(=O)N2CCNC(=O)C2CC(=O)OCCC)cc1. The maximum absolute atomic E-state index is 12.9. The Hall–Kier alpha value is -2.57. The van der Waals surface area contributed by atoms with E-state index in [4.69, 9.17) is 9.47 Å². The summed E-state index contributed by atoms with van der Waals surface area (Å²) >= 11 is 0. The van der Waals surface area contributed by atoms with Crippen LogP contribution < -0.4 is 10.1 Å². The van der Waals surface area contributed by atoms with Gasteiger partial charge in [0.25, 0.3) is 5.91 Å². The molecule has 2 rings (SSSR count). The highest BCUT2D eigenvalue weighted by molar-refractivity contribution is 5.99. The van der Waals surface area contributed by atoms with Crippen LogP contribution in [-0.4, -0.2) is 55.0 Å². The number of ether oxygens (including phenoxy) is 2. The molecule has 1 aliphatic rings. The maximum Gasteiger partial charge on any atom is 0.308 e. The number of rotatable bonds is 10. The van der Waals surface area contributed by atoms with Crippen LogP contribution >= 0.6 is 0 Å². The van der Waals surface area contributed by atoms with Crippen molar-refractivity contribution in [3.8, 4) is 5.75 Å². The molecule has 0 aliphatic carbocycles. The lowest BCUT2D eigenvalue weighted by Gasteiger charge is -2.34. The molecule has 0 radical (unpaired) electrons. The van der Waals surface area contributed by atoms with Gasteiger partial charge in [-0.25, -0.2) is 0 Å². The van der Waals surface area contributed by atoms with Crippen molar-refractivity contribution >= 4 is 17.8 Å². The van der Waals surface area contributed by atoms with Crippen molar-refractivity contribution in [2.45, 2.75) is 52.0 Å². The fraction of sp³-hybridized carbons (Fsp3) is 0.571. The first-order chi connectivity index (χ1) is 13.6. The van der Waals surface area contributed by atoms with Crippen LogP contribution in [0.5, 0.6) is 5.75 Å². The topological polar surface area (TPSA) is 84.9 Å². The highest BCUT2D eigenvalue weighted by Gasteiger charge is 2.35. The molecule has 28 heavy (non-hydrogen) atoms. The minimum Gasteiger partial charge on any atom is -0.494 e. The summed E-state index contributed by atoms with van der Waals surface area (Å²) in [6.45, 7) is 5.71. The van der Waals surface area contributed by atoms with Crippen LogP contribution in [0.25, 0.3) is 0 Å². The standard InChI is InChI=1S/C21H30N2O5/c1-3-5-6-14-27-17-9-7-16(8-10-17)21(26)23-12-11-22-20(25)18(23)15-19(24)28-13-4-2/h7-10,18H,3-6,11-15H2,1-2H3,(H,22,25). The number of nitrogens with one attached hydrogen (secondary N) is 1. The molecule has 1 saturated heterocycles. The van der Waals surface area contributed by atoms with Gasteiger partial charge in [-0.2, -0.15) is 0 Å². The van der Waals surface area contributed by atoms with Crippen molar-refractivity contribution in [2.24, 2.45) is 0 Å². The minimum atomic E-state index is -0.851. The van der Waals surface area contributed by atoms with Crippen LogP contribution in [0.4, 0.5) is 0 Å². The van der Waals surface area contributed by atoms with Crippen LogP contribution in [0.3, 0.4) is 0 Å². The van der Waals surface area contributed by atoms with Gasteiger partial charge in [-0.15, -0.1) is 0 Å². The van der Waals surface area contributed by atoms with Crippen molar-refractivity contribution in [2.75, 3.05) is 26.3 Å². The Balaban J connectivity index is 2.01. The molecule has 1 heterocycles. The second kappa shape index (κ2) is 11.3. The molecular weight excluding hydrogens is 360 g/mol. The molecule has 1 aliphatic heterocycles. The number of piperazine rings is 1.